The Balaban J connectivity index is 1.85. The number of rotatable bonds is 3. The van der Waals surface area contributed by atoms with E-state index in [1.165, 1.54) is 6.42 Å². The number of likely N-dealkylation sites (tertiary alicyclic amines) is 1. The van der Waals surface area contributed by atoms with E-state index in [4.69, 9.17) is 0 Å². The third-order valence-corrected chi connectivity index (χ3v) is 4.76. The van der Waals surface area contributed by atoms with Crippen LogP contribution in [0.5, 0.6) is 0 Å². The molecule has 2 fully saturated rings. The molecule has 0 bridgehead atoms. The highest BCUT2D eigenvalue weighted by Gasteiger charge is 2.41. The maximum atomic E-state index is 10.3. The van der Waals surface area contributed by atoms with E-state index < -0.39 is 0 Å². The minimum atomic E-state index is -0.156. The first-order valence-corrected chi connectivity index (χ1v) is 7.04. The molecule has 0 aromatic heterocycles. The molecule has 0 aromatic carbocycles. The fraction of sp³-hybridized carbons (Fsp3) is 1.00. The molecular formula is C14H27NO2. The summed E-state index contributed by atoms with van der Waals surface area (Å²) in [5.41, 5.74) is 0.0941. The zero-order valence-corrected chi connectivity index (χ0v) is 11.2. The van der Waals surface area contributed by atoms with Gasteiger partial charge in [-0.25, -0.2) is 0 Å². The molecule has 0 amide bonds. The van der Waals surface area contributed by atoms with Crippen LogP contribution < -0.4 is 0 Å². The predicted octanol–water partition coefficient (Wildman–Crippen LogP) is 1.49. The van der Waals surface area contributed by atoms with Gasteiger partial charge in [-0.05, 0) is 49.5 Å². The fourth-order valence-corrected chi connectivity index (χ4v) is 3.49. The second-order valence-corrected chi connectivity index (χ2v) is 6.68. The van der Waals surface area contributed by atoms with E-state index in [1.54, 1.807) is 0 Å². The summed E-state index contributed by atoms with van der Waals surface area (Å²) in [6.07, 6.45) is 4.48. The molecular weight excluding hydrogens is 214 g/mol. The standard InChI is InChI=1S/C14H27NO2/c1-14(2)6-5-12(13(14)17)9-15-7-3-4-11(8-15)10-16/h11-13,16-17H,3-10H2,1-2H3. The van der Waals surface area contributed by atoms with Crippen molar-refractivity contribution in [3.05, 3.63) is 0 Å². The van der Waals surface area contributed by atoms with Crippen LogP contribution in [-0.4, -0.2) is 47.5 Å². The smallest absolute Gasteiger partial charge is 0.0631 e. The number of hydrogen-bond donors (Lipinski definition) is 2. The van der Waals surface area contributed by atoms with Gasteiger partial charge in [-0.1, -0.05) is 13.8 Å². The molecule has 2 N–H and O–H groups in total. The molecule has 0 aromatic rings. The topological polar surface area (TPSA) is 43.7 Å². The molecule has 3 unspecified atom stereocenters. The molecule has 0 radical (unpaired) electrons. The minimum absolute atomic E-state index is 0.0941. The van der Waals surface area contributed by atoms with E-state index in [2.05, 4.69) is 18.7 Å². The molecule has 1 saturated heterocycles. The largest absolute Gasteiger partial charge is 0.396 e. The maximum absolute atomic E-state index is 10.3. The van der Waals surface area contributed by atoms with Gasteiger partial charge in [0.15, 0.2) is 0 Å². The summed E-state index contributed by atoms with van der Waals surface area (Å²) in [5, 5.41) is 19.5. The van der Waals surface area contributed by atoms with Gasteiger partial charge in [0.1, 0.15) is 0 Å². The van der Waals surface area contributed by atoms with Gasteiger partial charge in [0.25, 0.3) is 0 Å². The second kappa shape index (κ2) is 5.25. The quantitative estimate of drug-likeness (QED) is 0.787. The molecule has 0 spiro atoms. The second-order valence-electron chi connectivity index (χ2n) is 6.68. The zero-order valence-electron chi connectivity index (χ0n) is 11.2. The summed E-state index contributed by atoms with van der Waals surface area (Å²) in [7, 11) is 0. The normalized spacial score (nSPS) is 38.5. The minimum Gasteiger partial charge on any atom is -0.396 e. The van der Waals surface area contributed by atoms with E-state index in [1.807, 2.05) is 0 Å². The van der Waals surface area contributed by atoms with Gasteiger partial charge >= 0.3 is 0 Å². The molecule has 3 atom stereocenters. The molecule has 3 heteroatoms. The average molecular weight is 241 g/mol. The lowest BCUT2D eigenvalue weighted by atomic mass is 9.87. The Kier molecular flexibility index (Phi) is 4.11. The number of aliphatic hydroxyl groups is 2. The summed E-state index contributed by atoms with van der Waals surface area (Å²) >= 11 is 0. The van der Waals surface area contributed by atoms with Gasteiger partial charge in [0, 0.05) is 19.7 Å². The van der Waals surface area contributed by atoms with Crippen molar-refractivity contribution in [2.75, 3.05) is 26.2 Å². The summed E-state index contributed by atoms with van der Waals surface area (Å²) < 4.78 is 0. The average Bonchev–Trinajstić information content (AvgIpc) is 2.57. The van der Waals surface area contributed by atoms with Gasteiger partial charge in [-0.3, -0.25) is 0 Å². The van der Waals surface area contributed by atoms with Crippen molar-refractivity contribution in [1.29, 1.82) is 0 Å². The van der Waals surface area contributed by atoms with Crippen LogP contribution in [0.1, 0.15) is 39.5 Å². The highest BCUT2D eigenvalue weighted by atomic mass is 16.3. The molecule has 2 aliphatic rings. The highest BCUT2D eigenvalue weighted by molar-refractivity contribution is 4.92. The molecule has 1 aliphatic carbocycles. The van der Waals surface area contributed by atoms with E-state index in [9.17, 15) is 10.2 Å². The van der Waals surface area contributed by atoms with Crippen molar-refractivity contribution in [2.24, 2.45) is 17.3 Å². The van der Waals surface area contributed by atoms with Crippen LogP contribution in [0, 0.1) is 17.3 Å². The van der Waals surface area contributed by atoms with E-state index in [-0.39, 0.29) is 11.5 Å². The molecule has 1 saturated carbocycles. The molecule has 3 nitrogen and oxygen atoms in total. The maximum Gasteiger partial charge on any atom is 0.0631 e. The van der Waals surface area contributed by atoms with E-state index in [0.29, 0.717) is 18.4 Å². The number of piperidine rings is 1. The van der Waals surface area contributed by atoms with Crippen molar-refractivity contribution in [3.8, 4) is 0 Å². The number of nitrogens with zero attached hydrogens (tertiary/aromatic N) is 1. The van der Waals surface area contributed by atoms with E-state index in [0.717, 1.165) is 38.9 Å². The third-order valence-electron chi connectivity index (χ3n) is 4.76. The Hall–Kier alpha value is -0.120. The molecule has 1 heterocycles. The van der Waals surface area contributed by atoms with E-state index >= 15 is 0 Å². The monoisotopic (exact) mass is 241 g/mol. The summed E-state index contributed by atoms with van der Waals surface area (Å²) in [6, 6.07) is 0. The number of hydrogen-bond acceptors (Lipinski definition) is 3. The van der Waals surface area contributed by atoms with Crippen LogP contribution in [0.2, 0.25) is 0 Å². The first kappa shape index (κ1) is 13.3. The number of aliphatic hydroxyl groups excluding tert-OH is 2. The zero-order chi connectivity index (χ0) is 12.5. The first-order valence-electron chi connectivity index (χ1n) is 7.04. The molecule has 2 rings (SSSR count). The Morgan fingerprint density at radius 2 is 2.06 bits per heavy atom. The van der Waals surface area contributed by atoms with Crippen LogP contribution in [0.15, 0.2) is 0 Å². The van der Waals surface area contributed by atoms with Crippen molar-refractivity contribution in [1.82, 2.24) is 4.90 Å². The lowest BCUT2D eigenvalue weighted by molar-refractivity contribution is 0.0232. The van der Waals surface area contributed by atoms with Gasteiger partial charge < -0.3 is 15.1 Å². The lowest BCUT2D eigenvalue weighted by Gasteiger charge is -2.35. The Bertz CT molecular complexity index is 255. The predicted molar refractivity (Wildman–Crippen MR) is 68.8 cm³/mol. The highest BCUT2D eigenvalue weighted by Crippen LogP contribution is 2.41. The van der Waals surface area contributed by atoms with Crippen molar-refractivity contribution in [2.45, 2.75) is 45.6 Å². The van der Waals surface area contributed by atoms with Crippen LogP contribution in [0.3, 0.4) is 0 Å². The van der Waals surface area contributed by atoms with Crippen LogP contribution in [0.25, 0.3) is 0 Å². The van der Waals surface area contributed by atoms with Crippen molar-refractivity contribution in [3.63, 3.8) is 0 Å². The fourth-order valence-electron chi connectivity index (χ4n) is 3.49. The molecule has 1 aliphatic heterocycles. The van der Waals surface area contributed by atoms with Gasteiger partial charge in [0.2, 0.25) is 0 Å². The van der Waals surface area contributed by atoms with Crippen LogP contribution >= 0.6 is 0 Å². The Labute approximate surface area is 105 Å². The van der Waals surface area contributed by atoms with Crippen molar-refractivity contribution < 1.29 is 10.2 Å². The summed E-state index contributed by atoms with van der Waals surface area (Å²) in [5.74, 6) is 0.887. The Morgan fingerprint density at radius 3 is 2.65 bits per heavy atom. The van der Waals surface area contributed by atoms with Crippen LogP contribution in [0.4, 0.5) is 0 Å². The summed E-state index contributed by atoms with van der Waals surface area (Å²) in [6.45, 7) is 7.82. The molecule has 17 heavy (non-hydrogen) atoms. The van der Waals surface area contributed by atoms with Gasteiger partial charge in [-0.2, -0.15) is 0 Å². The Morgan fingerprint density at radius 1 is 1.29 bits per heavy atom. The van der Waals surface area contributed by atoms with Gasteiger partial charge in [0.05, 0.1) is 6.10 Å². The lowest BCUT2D eigenvalue weighted by Crippen LogP contribution is -2.42. The summed E-state index contributed by atoms with van der Waals surface area (Å²) in [4.78, 5) is 2.44. The third kappa shape index (κ3) is 3.01. The van der Waals surface area contributed by atoms with Crippen molar-refractivity contribution >= 4 is 0 Å². The SMILES string of the molecule is CC1(C)CCC(CN2CCCC(CO)C2)C1O. The van der Waals surface area contributed by atoms with Gasteiger partial charge in [-0.15, -0.1) is 0 Å². The first-order chi connectivity index (χ1) is 8.03. The van der Waals surface area contributed by atoms with Crippen LogP contribution in [-0.2, 0) is 0 Å². The molecule has 100 valence electrons.